The molecule has 0 aliphatic rings. The summed E-state index contributed by atoms with van der Waals surface area (Å²) < 4.78 is 0. The van der Waals surface area contributed by atoms with Gasteiger partial charge >= 0.3 is 0 Å². The van der Waals surface area contributed by atoms with Crippen LogP contribution in [0.4, 0.5) is 0 Å². The molecule has 0 aromatic carbocycles. The summed E-state index contributed by atoms with van der Waals surface area (Å²) >= 11 is 0. The van der Waals surface area contributed by atoms with Crippen molar-refractivity contribution < 1.29 is 0 Å². The van der Waals surface area contributed by atoms with Crippen molar-refractivity contribution in [2.45, 2.75) is 7.43 Å². The molecule has 8 radical (unpaired) electrons. The maximum atomic E-state index is 0. The first-order chi connectivity index (χ1) is 0. The summed E-state index contributed by atoms with van der Waals surface area (Å²) in [6.07, 6.45) is 0. The van der Waals surface area contributed by atoms with Crippen molar-refractivity contribution >= 4 is 151 Å². The van der Waals surface area contributed by atoms with Crippen molar-refractivity contribution in [1.29, 1.82) is 0 Å². The summed E-state index contributed by atoms with van der Waals surface area (Å²) in [5.41, 5.74) is 0. The van der Waals surface area contributed by atoms with E-state index in [9.17, 15) is 0 Å². The largest absolute Gasteiger partial charge is 0.0776 e. The average molecular weight is 176 g/mol. The molecule has 5 heavy (non-hydrogen) atoms. The van der Waals surface area contributed by atoms with Gasteiger partial charge in [-0.3, -0.25) is 0 Å². The van der Waals surface area contributed by atoms with Gasteiger partial charge in [0, 0.05) is 151 Å². The van der Waals surface area contributed by atoms with E-state index in [1.165, 1.54) is 0 Å². The summed E-state index contributed by atoms with van der Waals surface area (Å²) in [7, 11) is 0. The quantitative estimate of drug-likeness (QED) is 0.420. The fourth-order valence-electron chi connectivity index (χ4n) is 0. The standard InChI is InChI=1S/CH4.4Ca/h1H4;;;;. The van der Waals surface area contributed by atoms with Crippen molar-refractivity contribution in [2.75, 3.05) is 0 Å². The van der Waals surface area contributed by atoms with Crippen molar-refractivity contribution in [3.63, 3.8) is 0 Å². The molecule has 0 heterocycles. The van der Waals surface area contributed by atoms with Crippen LogP contribution in [-0.2, 0) is 0 Å². The fraction of sp³-hybridized carbons (Fsp3) is 1.00. The van der Waals surface area contributed by atoms with E-state index in [4.69, 9.17) is 0 Å². The Morgan fingerprint density at radius 2 is 0.400 bits per heavy atom. The summed E-state index contributed by atoms with van der Waals surface area (Å²) in [4.78, 5) is 0. The zero-order chi connectivity index (χ0) is 0. The first-order valence-corrected chi connectivity index (χ1v) is 0. The van der Waals surface area contributed by atoms with Gasteiger partial charge in [-0.2, -0.15) is 0 Å². The van der Waals surface area contributed by atoms with Gasteiger partial charge in [-0.05, 0) is 0 Å². The Kier molecular flexibility index (Phi) is 149. The Labute approximate surface area is 153 Å². The monoisotopic (exact) mass is 176 g/mol. The van der Waals surface area contributed by atoms with Gasteiger partial charge in [0.1, 0.15) is 0 Å². The summed E-state index contributed by atoms with van der Waals surface area (Å²) in [6, 6.07) is 0. The third-order valence-corrected chi connectivity index (χ3v) is 0. The van der Waals surface area contributed by atoms with Gasteiger partial charge in [-0.25, -0.2) is 0 Å². The molecule has 0 unspecified atom stereocenters. The van der Waals surface area contributed by atoms with Crippen LogP contribution in [-0.4, -0.2) is 151 Å². The van der Waals surface area contributed by atoms with Gasteiger partial charge in [0.2, 0.25) is 0 Å². The van der Waals surface area contributed by atoms with Crippen LogP contribution in [0.25, 0.3) is 0 Å². The first kappa shape index (κ1) is 32.3. The van der Waals surface area contributed by atoms with Gasteiger partial charge in [0.15, 0.2) is 0 Å². The molecule has 0 saturated carbocycles. The maximum absolute atomic E-state index is 0. The molecule has 0 aromatic rings. The van der Waals surface area contributed by atoms with E-state index in [-0.39, 0.29) is 158 Å². The van der Waals surface area contributed by atoms with Crippen LogP contribution in [0.15, 0.2) is 0 Å². The van der Waals surface area contributed by atoms with Gasteiger partial charge in [-0.1, -0.05) is 7.43 Å². The van der Waals surface area contributed by atoms with Crippen LogP contribution < -0.4 is 0 Å². The van der Waals surface area contributed by atoms with E-state index in [1.54, 1.807) is 0 Å². The molecule has 0 aliphatic heterocycles. The predicted octanol–water partition coefficient (Wildman–Crippen LogP) is -0.887. The second-order valence-electron chi connectivity index (χ2n) is 0. The predicted molar refractivity (Wildman–Crippen MR) is 29.7 cm³/mol. The van der Waals surface area contributed by atoms with E-state index in [0.717, 1.165) is 0 Å². The SMILES string of the molecule is C.[Ca].[Ca].[Ca].[Ca]. The summed E-state index contributed by atoms with van der Waals surface area (Å²) in [5, 5.41) is 0. The van der Waals surface area contributed by atoms with E-state index in [2.05, 4.69) is 0 Å². The van der Waals surface area contributed by atoms with Crippen molar-refractivity contribution in [3.05, 3.63) is 0 Å². The van der Waals surface area contributed by atoms with Gasteiger partial charge in [0.25, 0.3) is 0 Å². The molecule has 0 nitrogen and oxygen atoms in total. The van der Waals surface area contributed by atoms with E-state index in [0.29, 0.717) is 0 Å². The molecule has 0 fully saturated rings. The minimum Gasteiger partial charge on any atom is -0.0776 e. The maximum Gasteiger partial charge on any atom is 0 e. The van der Waals surface area contributed by atoms with Gasteiger partial charge in [0.05, 0.1) is 0 Å². The first-order valence-electron chi connectivity index (χ1n) is 0. The van der Waals surface area contributed by atoms with Crippen LogP contribution in [0, 0.1) is 0 Å². The normalized spacial score (nSPS) is 0. The Hall–Kier alpha value is 5.04. The Morgan fingerprint density at radius 1 is 0.400 bits per heavy atom. The second kappa shape index (κ2) is 23.0. The van der Waals surface area contributed by atoms with Gasteiger partial charge in [-0.15, -0.1) is 0 Å². The fourth-order valence-corrected chi connectivity index (χ4v) is 0. The number of rotatable bonds is 0. The molecule has 16 valence electrons. The molecule has 0 N–H and O–H groups in total. The second-order valence-corrected chi connectivity index (χ2v) is 0. The molecule has 0 rings (SSSR count). The average Bonchev–Trinajstić information content (AvgIpc) is 0. The van der Waals surface area contributed by atoms with Crippen molar-refractivity contribution in [1.82, 2.24) is 0 Å². The molecule has 4 heteroatoms. The van der Waals surface area contributed by atoms with Crippen LogP contribution in [0.3, 0.4) is 0 Å². The third kappa shape index (κ3) is 17.6. The van der Waals surface area contributed by atoms with Crippen LogP contribution >= 0.6 is 0 Å². The molecule has 0 aliphatic carbocycles. The Morgan fingerprint density at radius 3 is 0.400 bits per heavy atom. The molecular weight excluding hydrogens is 172 g/mol. The van der Waals surface area contributed by atoms with Crippen molar-refractivity contribution in [3.8, 4) is 0 Å². The summed E-state index contributed by atoms with van der Waals surface area (Å²) in [5.74, 6) is 0. The van der Waals surface area contributed by atoms with Crippen LogP contribution in [0.2, 0.25) is 0 Å². The smallest absolute Gasteiger partial charge is 0 e. The minimum absolute atomic E-state index is 0. The third-order valence-electron chi connectivity index (χ3n) is 0. The van der Waals surface area contributed by atoms with Crippen molar-refractivity contribution in [2.24, 2.45) is 0 Å². The molecule has 0 aromatic heterocycles. The zero-order valence-electron chi connectivity index (χ0n) is 2.83. The summed E-state index contributed by atoms with van der Waals surface area (Å²) in [6.45, 7) is 0. The Balaban J connectivity index is 0. The molecule has 0 saturated heterocycles. The van der Waals surface area contributed by atoms with E-state index in [1.807, 2.05) is 0 Å². The molecular formula is CH4Ca4. The molecule has 0 bridgehead atoms. The minimum atomic E-state index is 0. The molecule has 0 spiro atoms. The van der Waals surface area contributed by atoms with Crippen LogP contribution in [0.5, 0.6) is 0 Å². The van der Waals surface area contributed by atoms with Crippen LogP contribution in [0.1, 0.15) is 7.43 Å². The van der Waals surface area contributed by atoms with E-state index < -0.39 is 0 Å². The topological polar surface area (TPSA) is 0 Å². The number of hydrogen-bond donors (Lipinski definition) is 0. The number of hydrogen-bond acceptors (Lipinski definition) is 0. The molecule has 0 amide bonds. The molecule has 0 atom stereocenters. The van der Waals surface area contributed by atoms with Gasteiger partial charge < -0.3 is 0 Å². The van der Waals surface area contributed by atoms with E-state index >= 15 is 0 Å². The zero-order valence-corrected chi connectivity index (χ0v) is 11.7. The Bertz CT molecular complexity index is 3.61.